The Morgan fingerprint density at radius 2 is 1.83 bits per heavy atom. The molecule has 1 N–H and O–H groups in total. The highest BCUT2D eigenvalue weighted by atomic mass is 16.3. The van der Waals surface area contributed by atoms with Crippen molar-refractivity contribution in [3.05, 3.63) is 35.4 Å². The summed E-state index contributed by atoms with van der Waals surface area (Å²) in [6.07, 6.45) is 0.842. The van der Waals surface area contributed by atoms with Gasteiger partial charge in [0.15, 0.2) is 0 Å². The molecule has 2 rings (SSSR count). The first-order valence-corrected chi connectivity index (χ1v) is 7.00. The first kappa shape index (κ1) is 13.6. The molecule has 1 heterocycles. The first-order valence-electron chi connectivity index (χ1n) is 7.00. The molecule has 2 heteroatoms. The Balaban J connectivity index is 2.32. The highest BCUT2D eigenvalue weighted by molar-refractivity contribution is 5.35. The molecule has 0 spiro atoms. The van der Waals surface area contributed by atoms with Crippen molar-refractivity contribution < 1.29 is 5.11 Å². The molecule has 1 atom stereocenters. The maximum Gasteiger partial charge on any atom is 0.104 e. The van der Waals surface area contributed by atoms with Gasteiger partial charge in [0, 0.05) is 19.1 Å². The molecule has 1 aromatic rings. The third kappa shape index (κ3) is 2.45. The molecule has 0 bridgehead atoms. The number of aliphatic hydroxyl groups is 1. The molecular weight excluding hydrogens is 222 g/mol. The number of β-amino-alcohol motifs (C(OH)–C–C–N with tert-alkyl or cyclic N) is 1. The van der Waals surface area contributed by atoms with E-state index >= 15 is 0 Å². The summed E-state index contributed by atoms with van der Waals surface area (Å²) in [4.78, 5) is 2.36. The van der Waals surface area contributed by atoms with E-state index in [1.165, 1.54) is 5.56 Å². The lowest BCUT2D eigenvalue weighted by molar-refractivity contribution is 0.0414. The molecule has 0 saturated carbocycles. The Morgan fingerprint density at radius 1 is 1.17 bits per heavy atom. The summed E-state index contributed by atoms with van der Waals surface area (Å²) in [5, 5.41) is 11.0. The van der Waals surface area contributed by atoms with Crippen LogP contribution in [0.3, 0.4) is 0 Å². The predicted molar refractivity (Wildman–Crippen MR) is 75.8 cm³/mol. The molecule has 0 radical (unpaired) electrons. The van der Waals surface area contributed by atoms with Crippen molar-refractivity contribution in [1.29, 1.82) is 0 Å². The summed E-state index contributed by atoms with van der Waals surface area (Å²) in [6.45, 7) is 10.5. The van der Waals surface area contributed by atoms with E-state index in [-0.39, 0.29) is 0 Å². The smallest absolute Gasteiger partial charge is 0.104 e. The Kier molecular flexibility index (Phi) is 3.79. The Morgan fingerprint density at radius 3 is 2.39 bits per heavy atom. The highest BCUT2D eigenvalue weighted by Gasteiger charge is 2.39. The van der Waals surface area contributed by atoms with Crippen molar-refractivity contribution in [2.24, 2.45) is 0 Å². The Hall–Kier alpha value is -0.860. The van der Waals surface area contributed by atoms with Gasteiger partial charge in [0.05, 0.1) is 0 Å². The maximum atomic E-state index is 11.0. The van der Waals surface area contributed by atoms with Crippen LogP contribution in [0.1, 0.15) is 51.2 Å². The van der Waals surface area contributed by atoms with Crippen LogP contribution in [0.15, 0.2) is 24.3 Å². The summed E-state index contributed by atoms with van der Waals surface area (Å²) in [6, 6.07) is 8.86. The largest absolute Gasteiger partial charge is 0.384 e. The molecule has 2 nitrogen and oxygen atoms in total. The molecule has 0 aliphatic carbocycles. The van der Waals surface area contributed by atoms with E-state index in [0.29, 0.717) is 12.0 Å². The molecule has 18 heavy (non-hydrogen) atoms. The molecule has 1 aliphatic heterocycles. The monoisotopic (exact) mass is 247 g/mol. The van der Waals surface area contributed by atoms with Gasteiger partial charge in [0.1, 0.15) is 5.60 Å². The van der Waals surface area contributed by atoms with Crippen molar-refractivity contribution in [3.8, 4) is 0 Å². The minimum absolute atomic E-state index is 0.457. The van der Waals surface area contributed by atoms with Crippen LogP contribution in [0.25, 0.3) is 0 Å². The third-order valence-corrected chi connectivity index (χ3v) is 4.09. The molecule has 1 unspecified atom stereocenters. The predicted octanol–water partition coefficient (Wildman–Crippen LogP) is 3.11. The number of rotatable bonds is 3. The first-order chi connectivity index (χ1) is 8.44. The molecule has 1 fully saturated rings. The SMILES string of the molecule is CC(C)c1ccccc1C1(O)CCN(C(C)C)C1. The minimum Gasteiger partial charge on any atom is -0.384 e. The van der Waals surface area contributed by atoms with Crippen LogP contribution < -0.4 is 0 Å². The molecule has 100 valence electrons. The summed E-state index contributed by atoms with van der Waals surface area (Å²) in [5.74, 6) is 0.457. The van der Waals surface area contributed by atoms with Gasteiger partial charge in [0.2, 0.25) is 0 Å². The minimum atomic E-state index is -0.662. The van der Waals surface area contributed by atoms with Gasteiger partial charge >= 0.3 is 0 Å². The molecule has 1 saturated heterocycles. The summed E-state index contributed by atoms with van der Waals surface area (Å²) in [5.41, 5.74) is 1.75. The van der Waals surface area contributed by atoms with E-state index in [1.807, 2.05) is 6.07 Å². The third-order valence-electron chi connectivity index (χ3n) is 4.09. The van der Waals surface area contributed by atoms with E-state index < -0.39 is 5.60 Å². The second-order valence-corrected chi connectivity index (χ2v) is 6.09. The lowest BCUT2D eigenvalue weighted by atomic mass is 9.85. The van der Waals surface area contributed by atoms with Crippen LogP contribution in [-0.2, 0) is 5.60 Å². The second-order valence-electron chi connectivity index (χ2n) is 6.09. The van der Waals surface area contributed by atoms with Gasteiger partial charge < -0.3 is 5.11 Å². The average molecular weight is 247 g/mol. The Bertz CT molecular complexity index is 413. The standard InChI is InChI=1S/C16H25NO/c1-12(2)14-7-5-6-8-15(14)16(18)9-10-17(11-16)13(3)4/h5-8,12-13,18H,9-11H2,1-4H3. The average Bonchev–Trinajstić information content (AvgIpc) is 2.73. The molecule has 1 aromatic carbocycles. The van der Waals surface area contributed by atoms with Gasteiger partial charge in [-0.15, -0.1) is 0 Å². The maximum absolute atomic E-state index is 11.0. The Labute approximate surface area is 111 Å². The lowest BCUT2D eigenvalue weighted by Crippen LogP contribution is -2.35. The topological polar surface area (TPSA) is 23.5 Å². The second kappa shape index (κ2) is 5.02. The van der Waals surface area contributed by atoms with Crippen molar-refractivity contribution >= 4 is 0 Å². The van der Waals surface area contributed by atoms with E-state index in [1.54, 1.807) is 0 Å². The van der Waals surface area contributed by atoms with Crippen molar-refractivity contribution in [2.75, 3.05) is 13.1 Å². The molecular formula is C16H25NO. The van der Waals surface area contributed by atoms with Gasteiger partial charge in [-0.2, -0.15) is 0 Å². The van der Waals surface area contributed by atoms with Gasteiger partial charge in [-0.1, -0.05) is 38.1 Å². The van der Waals surface area contributed by atoms with Gasteiger partial charge in [-0.3, -0.25) is 4.90 Å². The fourth-order valence-electron chi connectivity index (χ4n) is 2.91. The number of hydrogen-bond donors (Lipinski definition) is 1. The number of likely N-dealkylation sites (tertiary alicyclic amines) is 1. The summed E-state index contributed by atoms with van der Waals surface area (Å²) < 4.78 is 0. The van der Waals surface area contributed by atoms with Crippen LogP contribution in [0.2, 0.25) is 0 Å². The van der Waals surface area contributed by atoms with Crippen LogP contribution >= 0.6 is 0 Å². The van der Waals surface area contributed by atoms with Crippen LogP contribution in [-0.4, -0.2) is 29.1 Å². The van der Waals surface area contributed by atoms with Crippen LogP contribution in [0.4, 0.5) is 0 Å². The van der Waals surface area contributed by atoms with E-state index in [2.05, 4.69) is 50.8 Å². The van der Waals surface area contributed by atoms with Crippen molar-refractivity contribution in [1.82, 2.24) is 4.90 Å². The van der Waals surface area contributed by atoms with Gasteiger partial charge in [0.25, 0.3) is 0 Å². The zero-order valence-corrected chi connectivity index (χ0v) is 12.0. The quantitative estimate of drug-likeness (QED) is 0.887. The van der Waals surface area contributed by atoms with Gasteiger partial charge in [-0.05, 0) is 37.3 Å². The van der Waals surface area contributed by atoms with E-state index in [4.69, 9.17) is 0 Å². The van der Waals surface area contributed by atoms with E-state index in [9.17, 15) is 5.11 Å². The zero-order chi connectivity index (χ0) is 13.3. The van der Waals surface area contributed by atoms with Crippen LogP contribution in [0.5, 0.6) is 0 Å². The molecule has 0 amide bonds. The lowest BCUT2D eigenvalue weighted by Gasteiger charge is -2.28. The highest BCUT2D eigenvalue weighted by Crippen LogP contribution is 2.36. The number of benzene rings is 1. The molecule has 1 aliphatic rings. The number of hydrogen-bond acceptors (Lipinski definition) is 2. The fourth-order valence-corrected chi connectivity index (χ4v) is 2.91. The van der Waals surface area contributed by atoms with E-state index in [0.717, 1.165) is 25.1 Å². The number of nitrogens with zero attached hydrogens (tertiary/aromatic N) is 1. The normalized spacial score (nSPS) is 25.3. The zero-order valence-electron chi connectivity index (χ0n) is 12.0. The van der Waals surface area contributed by atoms with Crippen molar-refractivity contribution in [3.63, 3.8) is 0 Å². The fraction of sp³-hybridized carbons (Fsp3) is 0.625. The van der Waals surface area contributed by atoms with Gasteiger partial charge in [-0.25, -0.2) is 0 Å². The summed E-state index contributed by atoms with van der Waals surface area (Å²) >= 11 is 0. The van der Waals surface area contributed by atoms with Crippen LogP contribution in [0, 0.1) is 0 Å². The van der Waals surface area contributed by atoms with Crippen molar-refractivity contribution in [2.45, 2.75) is 51.7 Å². The summed E-state index contributed by atoms with van der Waals surface area (Å²) in [7, 11) is 0. The molecule has 0 aromatic heterocycles.